The number of fused-ring (bicyclic) bond motifs is 2. The van der Waals surface area contributed by atoms with Crippen molar-refractivity contribution in [2.75, 3.05) is 0 Å². The minimum absolute atomic E-state index is 0.201. The lowest BCUT2D eigenvalue weighted by atomic mass is 10.0. The predicted octanol–water partition coefficient (Wildman–Crippen LogP) is 4.23. The Morgan fingerprint density at radius 1 is 1.03 bits per heavy atom. The lowest BCUT2D eigenvalue weighted by molar-refractivity contribution is -0.138. The Morgan fingerprint density at radius 3 is 2.45 bits per heavy atom. The summed E-state index contributed by atoms with van der Waals surface area (Å²) in [6.45, 7) is 3.24. The number of rotatable bonds is 5. The molecule has 0 aliphatic carbocycles. The van der Waals surface area contributed by atoms with E-state index in [1.165, 1.54) is 0 Å². The molecule has 2 aromatic heterocycles. The Hall–Kier alpha value is -3.39. The number of hydrogen-bond donors (Lipinski definition) is 2. The zero-order valence-electron chi connectivity index (χ0n) is 15.7. The first kappa shape index (κ1) is 18.9. The number of aliphatic carboxylic acids is 1. The van der Waals surface area contributed by atoms with Gasteiger partial charge in [0, 0.05) is 11.6 Å². The van der Waals surface area contributed by atoms with Gasteiger partial charge in [0.15, 0.2) is 5.16 Å². The Kier molecular flexibility index (Phi) is 4.50. The van der Waals surface area contributed by atoms with Crippen molar-refractivity contribution in [3.8, 4) is 5.69 Å². The number of nitrogens with zero attached hydrogens (tertiary/aromatic N) is 3. The molecule has 4 aromatic rings. The number of thioether (sulfide) groups is 1. The van der Waals surface area contributed by atoms with E-state index in [1.54, 1.807) is 56.6 Å². The summed E-state index contributed by atoms with van der Waals surface area (Å²) in [4.78, 5) is 32.2. The number of aromatic nitrogens is 3. The van der Waals surface area contributed by atoms with Crippen molar-refractivity contribution in [3.05, 3.63) is 60.4 Å². The fourth-order valence-corrected chi connectivity index (χ4v) is 4.12. The number of pyridine rings is 1. The first-order valence-electron chi connectivity index (χ1n) is 8.80. The fraction of sp³-hybridized carbons (Fsp3) is 0.143. The highest BCUT2D eigenvalue weighted by atomic mass is 32.2. The molecule has 29 heavy (non-hydrogen) atoms. The Balaban J connectivity index is 2.04. The molecule has 0 aliphatic rings. The average Bonchev–Trinajstić information content (AvgIpc) is 3.03. The van der Waals surface area contributed by atoms with Crippen molar-refractivity contribution in [3.63, 3.8) is 0 Å². The van der Waals surface area contributed by atoms with E-state index < -0.39 is 16.7 Å². The van der Waals surface area contributed by atoms with Gasteiger partial charge in [-0.05, 0) is 37.4 Å². The molecule has 0 saturated carbocycles. The molecule has 2 N–H and O–H groups in total. The van der Waals surface area contributed by atoms with Gasteiger partial charge in [-0.3, -0.25) is 14.3 Å². The van der Waals surface area contributed by atoms with Gasteiger partial charge in [0.2, 0.25) is 0 Å². The molecule has 0 fully saturated rings. The maximum absolute atomic E-state index is 11.7. The Morgan fingerprint density at radius 2 is 1.76 bits per heavy atom. The first-order valence-corrected chi connectivity index (χ1v) is 9.61. The number of imidazole rings is 1. The quantitative estimate of drug-likeness (QED) is 0.477. The molecule has 0 radical (unpaired) electrons. The highest BCUT2D eigenvalue weighted by Gasteiger charge is 2.32. The molecule has 2 aromatic carbocycles. The van der Waals surface area contributed by atoms with Gasteiger partial charge < -0.3 is 10.2 Å². The minimum atomic E-state index is -1.11. The summed E-state index contributed by atoms with van der Waals surface area (Å²) in [5.74, 6) is -1.96. The maximum atomic E-state index is 11.7. The number of carboxylic acids is 2. The second-order valence-corrected chi connectivity index (χ2v) is 8.58. The molecule has 0 saturated heterocycles. The van der Waals surface area contributed by atoms with Crippen molar-refractivity contribution in [2.45, 2.75) is 23.8 Å². The molecule has 0 atom stereocenters. The molecule has 8 heteroatoms. The van der Waals surface area contributed by atoms with Crippen LogP contribution in [0.2, 0.25) is 0 Å². The highest BCUT2D eigenvalue weighted by molar-refractivity contribution is 8.01. The molecule has 7 nitrogen and oxygen atoms in total. The monoisotopic (exact) mass is 407 g/mol. The van der Waals surface area contributed by atoms with E-state index in [9.17, 15) is 19.8 Å². The lowest BCUT2D eigenvalue weighted by Crippen LogP contribution is -2.27. The standard InChI is InChI=1S/C21H17N3O4S/c1-21(2,19(27)28)29-20-23-15-9-10-22-11-17(15)24(20)16-8-7-14(18(25)26)12-5-3-4-6-13(12)16/h3-11H,1-2H3,(H,25,26)(H,27,28). The number of hydrogen-bond acceptors (Lipinski definition) is 5. The maximum Gasteiger partial charge on any atom is 0.336 e. The summed E-state index contributed by atoms with van der Waals surface area (Å²) >= 11 is 1.13. The van der Waals surface area contributed by atoms with E-state index in [0.717, 1.165) is 17.1 Å². The topological polar surface area (TPSA) is 105 Å². The first-order chi connectivity index (χ1) is 13.8. The van der Waals surface area contributed by atoms with Crippen molar-refractivity contribution in [1.29, 1.82) is 0 Å². The smallest absolute Gasteiger partial charge is 0.336 e. The van der Waals surface area contributed by atoms with E-state index in [1.807, 2.05) is 16.7 Å². The molecule has 0 unspecified atom stereocenters. The van der Waals surface area contributed by atoms with E-state index in [-0.39, 0.29) is 5.56 Å². The number of benzene rings is 2. The zero-order chi connectivity index (χ0) is 20.8. The molecular weight excluding hydrogens is 390 g/mol. The summed E-state index contributed by atoms with van der Waals surface area (Å²) in [6, 6.07) is 12.3. The van der Waals surface area contributed by atoms with Crippen LogP contribution >= 0.6 is 11.8 Å². The van der Waals surface area contributed by atoms with Crippen LogP contribution in [0.5, 0.6) is 0 Å². The number of carbonyl (C=O) groups is 2. The summed E-state index contributed by atoms with van der Waals surface area (Å²) in [7, 11) is 0. The second-order valence-electron chi connectivity index (χ2n) is 6.99. The van der Waals surface area contributed by atoms with Gasteiger partial charge >= 0.3 is 11.9 Å². The Bertz CT molecular complexity index is 1280. The molecule has 4 rings (SSSR count). The van der Waals surface area contributed by atoms with Crippen molar-refractivity contribution >= 4 is 45.5 Å². The third-order valence-corrected chi connectivity index (χ3v) is 5.80. The van der Waals surface area contributed by atoms with E-state index in [2.05, 4.69) is 9.97 Å². The third kappa shape index (κ3) is 3.21. The van der Waals surface area contributed by atoms with Crippen LogP contribution in [0.1, 0.15) is 24.2 Å². The molecule has 0 aliphatic heterocycles. The zero-order valence-corrected chi connectivity index (χ0v) is 16.5. The fourth-order valence-electron chi connectivity index (χ4n) is 3.14. The molecular formula is C21H17N3O4S. The predicted molar refractivity (Wildman–Crippen MR) is 111 cm³/mol. The van der Waals surface area contributed by atoms with Gasteiger partial charge in [-0.2, -0.15) is 0 Å². The molecule has 0 spiro atoms. The summed E-state index contributed by atoms with van der Waals surface area (Å²) in [5, 5.41) is 20.9. The van der Waals surface area contributed by atoms with Gasteiger partial charge in [-0.1, -0.05) is 36.0 Å². The van der Waals surface area contributed by atoms with Crippen LogP contribution in [0.15, 0.2) is 60.0 Å². The van der Waals surface area contributed by atoms with E-state index in [0.29, 0.717) is 27.3 Å². The molecule has 0 bridgehead atoms. The summed E-state index contributed by atoms with van der Waals surface area (Å²) in [5.41, 5.74) is 2.30. The van der Waals surface area contributed by atoms with Crippen molar-refractivity contribution in [1.82, 2.24) is 14.5 Å². The van der Waals surface area contributed by atoms with Gasteiger partial charge in [0.1, 0.15) is 4.75 Å². The van der Waals surface area contributed by atoms with Crippen LogP contribution in [0, 0.1) is 0 Å². The van der Waals surface area contributed by atoms with Gasteiger partial charge in [0.05, 0.1) is 28.5 Å². The summed E-state index contributed by atoms with van der Waals surface area (Å²) in [6.07, 6.45) is 3.29. The normalized spacial score (nSPS) is 11.8. The van der Waals surface area contributed by atoms with Crippen LogP contribution in [0.4, 0.5) is 0 Å². The Labute approximate surface area is 170 Å². The highest BCUT2D eigenvalue weighted by Crippen LogP contribution is 2.38. The molecule has 146 valence electrons. The number of carboxylic acid groups (broad SMARTS) is 2. The van der Waals surface area contributed by atoms with Crippen molar-refractivity contribution in [2.24, 2.45) is 0 Å². The molecule has 2 heterocycles. The van der Waals surface area contributed by atoms with E-state index >= 15 is 0 Å². The minimum Gasteiger partial charge on any atom is -0.480 e. The third-order valence-electron chi connectivity index (χ3n) is 4.66. The molecule has 0 amide bonds. The van der Waals surface area contributed by atoms with Crippen LogP contribution in [0.25, 0.3) is 27.5 Å². The van der Waals surface area contributed by atoms with Gasteiger partial charge in [0.25, 0.3) is 0 Å². The second kappa shape index (κ2) is 6.89. The average molecular weight is 407 g/mol. The number of aromatic carboxylic acids is 1. The summed E-state index contributed by atoms with van der Waals surface area (Å²) < 4.78 is 0.731. The van der Waals surface area contributed by atoms with Gasteiger partial charge in [-0.25, -0.2) is 9.78 Å². The largest absolute Gasteiger partial charge is 0.480 e. The van der Waals surface area contributed by atoms with Crippen molar-refractivity contribution < 1.29 is 19.8 Å². The van der Waals surface area contributed by atoms with Crippen LogP contribution in [-0.4, -0.2) is 41.4 Å². The van der Waals surface area contributed by atoms with Crippen LogP contribution in [-0.2, 0) is 4.79 Å². The van der Waals surface area contributed by atoms with E-state index in [4.69, 9.17) is 0 Å². The van der Waals surface area contributed by atoms with Crippen LogP contribution in [0.3, 0.4) is 0 Å². The van der Waals surface area contributed by atoms with Gasteiger partial charge in [-0.15, -0.1) is 0 Å². The van der Waals surface area contributed by atoms with Crippen LogP contribution < -0.4 is 0 Å². The lowest BCUT2D eigenvalue weighted by Gasteiger charge is -2.19. The SMILES string of the molecule is CC(C)(Sc1nc2ccncc2n1-c1ccc(C(=O)O)c2ccccc12)C(=O)O.